The highest BCUT2D eigenvalue weighted by molar-refractivity contribution is 7.19. The van der Waals surface area contributed by atoms with Crippen LogP contribution in [0.1, 0.15) is 18.1 Å². The van der Waals surface area contributed by atoms with Gasteiger partial charge in [0.1, 0.15) is 0 Å². The van der Waals surface area contributed by atoms with E-state index >= 15 is 0 Å². The minimum Gasteiger partial charge on any atom is -0.143 e. The molecule has 0 unspecified atom stereocenters. The highest BCUT2D eigenvalue weighted by Gasteiger charge is 2.26. The van der Waals surface area contributed by atoms with Crippen molar-refractivity contribution in [3.63, 3.8) is 0 Å². The third-order valence-corrected chi connectivity index (χ3v) is 13.7. The second-order valence-corrected chi connectivity index (χ2v) is 16.1. The van der Waals surface area contributed by atoms with Crippen molar-refractivity contribution in [2.45, 2.75) is 13.8 Å². The Hall–Kier alpha value is -5.80. The highest BCUT2D eigenvalue weighted by atomic mass is 32.1. The molecule has 0 spiro atoms. The standard InChI is InChI=1S/C50H30S2/c1-3-10-31-27(2)40-32-14-7-4-11-28(32)17-20-35(40)44-43(31)45-36-21-18-29-12-5-8-15-33(29)41(36)50-39(24-26-52-50)48(45)46-37-22-19-30-13-6-9-16-34(30)42(37)49-38(47(44)46)23-25-51-49/h3-26H,1-2H3/b10-3-. The van der Waals surface area contributed by atoms with Gasteiger partial charge in [-0.25, -0.2) is 0 Å². The molecule has 2 heterocycles. The lowest BCUT2D eigenvalue weighted by Crippen LogP contribution is -1.96. The van der Waals surface area contributed by atoms with Crippen molar-refractivity contribution in [1.29, 1.82) is 0 Å². The van der Waals surface area contributed by atoms with Gasteiger partial charge in [0.15, 0.2) is 0 Å². The first-order valence-electron chi connectivity index (χ1n) is 18.0. The summed E-state index contributed by atoms with van der Waals surface area (Å²) in [6, 6.07) is 45.9. The van der Waals surface area contributed by atoms with Crippen LogP contribution < -0.4 is 0 Å². The predicted octanol–water partition coefficient (Wildman–Crippen LogP) is 15.8. The number of rotatable bonds is 1. The largest absolute Gasteiger partial charge is 0.143 e. The lowest BCUT2D eigenvalue weighted by molar-refractivity contribution is 1.54. The molecule has 52 heavy (non-hydrogen) atoms. The molecule has 2 aromatic heterocycles. The lowest BCUT2D eigenvalue weighted by Gasteiger charge is -2.23. The van der Waals surface area contributed by atoms with Gasteiger partial charge < -0.3 is 0 Å². The smallest absolute Gasteiger partial charge is 0.0434 e. The van der Waals surface area contributed by atoms with Crippen LogP contribution in [0.15, 0.2) is 138 Å². The van der Waals surface area contributed by atoms with Gasteiger partial charge in [0.05, 0.1) is 0 Å². The van der Waals surface area contributed by atoms with E-state index in [1.54, 1.807) is 0 Å². The first-order valence-corrected chi connectivity index (χ1v) is 19.8. The summed E-state index contributed by atoms with van der Waals surface area (Å²) in [7, 11) is 0. The van der Waals surface area contributed by atoms with E-state index in [1.807, 2.05) is 22.7 Å². The average molecular weight is 695 g/mol. The van der Waals surface area contributed by atoms with E-state index < -0.39 is 0 Å². The van der Waals surface area contributed by atoms with E-state index in [0.717, 1.165) is 0 Å². The van der Waals surface area contributed by atoms with Gasteiger partial charge in [0.2, 0.25) is 0 Å². The number of benzene rings is 10. The van der Waals surface area contributed by atoms with Crippen LogP contribution in [0.2, 0.25) is 0 Å². The predicted molar refractivity (Wildman–Crippen MR) is 234 cm³/mol. The molecule has 12 aromatic rings. The van der Waals surface area contributed by atoms with Gasteiger partial charge in [-0.15, -0.1) is 22.7 Å². The second-order valence-electron chi connectivity index (χ2n) is 14.2. The summed E-state index contributed by atoms with van der Waals surface area (Å²) >= 11 is 3.77. The van der Waals surface area contributed by atoms with Crippen LogP contribution in [-0.2, 0) is 0 Å². The van der Waals surface area contributed by atoms with Crippen LogP contribution in [0.3, 0.4) is 0 Å². The molecule has 242 valence electrons. The Labute approximate surface area is 307 Å². The maximum atomic E-state index is 2.42. The van der Waals surface area contributed by atoms with E-state index in [2.05, 4.69) is 158 Å². The van der Waals surface area contributed by atoms with Gasteiger partial charge >= 0.3 is 0 Å². The topological polar surface area (TPSA) is 0 Å². The molecule has 0 fully saturated rings. The molecular formula is C50H30S2. The van der Waals surface area contributed by atoms with Crippen molar-refractivity contribution in [3.05, 3.63) is 149 Å². The molecule has 0 atom stereocenters. The fourth-order valence-corrected chi connectivity index (χ4v) is 11.7. The van der Waals surface area contributed by atoms with Crippen LogP contribution in [0.5, 0.6) is 0 Å². The zero-order valence-corrected chi connectivity index (χ0v) is 30.3. The van der Waals surface area contributed by atoms with E-state index in [4.69, 9.17) is 0 Å². The third kappa shape index (κ3) is 3.51. The van der Waals surface area contributed by atoms with Gasteiger partial charge in [-0.2, -0.15) is 0 Å². The molecule has 0 amide bonds. The van der Waals surface area contributed by atoms with Crippen molar-refractivity contribution < 1.29 is 0 Å². The zero-order chi connectivity index (χ0) is 34.2. The zero-order valence-electron chi connectivity index (χ0n) is 28.7. The molecule has 0 aliphatic heterocycles. The summed E-state index contributed by atoms with van der Waals surface area (Å²) < 4.78 is 2.74. The number of thiophene rings is 2. The Kier molecular flexibility index (Phi) is 5.76. The molecular weight excluding hydrogens is 665 g/mol. The summed E-state index contributed by atoms with van der Waals surface area (Å²) in [5.41, 5.74) is 2.66. The van der Waals surface area contributed by atoms with Gasteiger partial charge in [-0.1, -0.05) is 121 Å². The third-order valence-electron chi connectivity index (χ3n) is 11.8. The molecule has 2 heteroatoms. The summed E-state index contributed by atoms with van der Waals surface area (Å²) in [6.07, 6.45) is 4.62. The SMILES string of the molecule is C/C=C\c1c(C)c2c3ccccc3ccc2c2c1c1c3ccc4ccccc4c3c3sccc3c1c1c3ccc4ccccc4c3c3sccc3c21. The Morgan fingerprint density at radius 2 is 0.769 bits per heavy atom. The van der Waals surface area contributed by atoms with Crippen LogP contribution >= 0.6 is 22.7 Å². The minimum absolute atomic E-state index is 1.28. The summed E-state index contributed by atoms with van der Waals surface area (Å²) in [5, 5.41) is 31.4. The van der Waals surface area contributed by atoms with E-state index in [-0.39, 0.29) is 0 Å². The molecule has 0 nitrogen and oxygen atoms in total. The molecule has 0 aliphatic rings. The number of allylic oxidation sites excluding steroid dienone is 1. The fourth-order valence-electron chi connectivity index (χ4n) is 9.80. The number of aryl methyl sites for hydroxylation is 1. The molecule has 10 aromatic carbocycles. The normalized spacial score (nSPS) is 12.7. The van der Waals surface area contributed by atoms with Gasteiger partial charge in [-0.3, -0.25) is 0 Å². The lowest BCUT2D eigenvalue weighted by atomic mass is 9.80. The molecule has 0 saturated heterocycles. The van der Waals surface area contributed by atoms with E-state index in [9.17, 15) is 0 Å². The van der Waals surface area contributed by atoms with Crippen molar-refractivity contribution in [3.8, 4) is 0 Å². The van der Waals surface area contributed by atoms with Crippen molar-refractivity contribution >= 4 is 146 Å². The summed E-state index contributed by atoms with van der Waals surface area (Å²) in [5.74, 6) is 0. The summed E-state index contributed by atoms with van der Waals surface area (Å²) in [4.78, 5) is 0. The number of hydrogen-bond acceptors (Lipinski definition) is 2. The molecule has 0 aliphatic carbocycles. The van der Waals surface area contributed by atoms with Crippen LogP contribution in [0, 0.1) is 6.92 Å². The number of fused-ring (bicyclic) bond motifs is 24. The number of hydrogen-bond donors (Lipinski definition) is 0. The Bertz CT molecular complexity index is 3530. The maximum Gasteiger partial charge on any atom is 0.0434 e. The molecule has 0 radical (unpaired) electrons. The van der Waals surface area contributed by atoms with E-state index in [1.165, 1.54) is 128 Å². The van der Waals surface area contributed by atoms with Gasteiger partial charge in [0, 0.05) is 41.7 Å². The van der Waals surface area contributed by atoms with E-state index in [0.29, 0.717) is 0 Å². The highest BCUT2D eigenvalue weighted by Crippen LogP contribution is 2.54. The Balaban J connectivity index is 1.55. The van der Waals surface area contributed by atoms with Crippen LogP contribution in [0.4, 0.5) is 0 Å². The fraction of sp³-hybridized carbons (Fsp3) is 0.0400. The van der Waals surface area contributed by atoms with Crippen molar-refractivity contribution in [2.24, 2.45) is 0 Å². The monoisotopic (exact) mass is 694 g/mol. The molecule has 0 saturated carbocycles. The molecule has 0 N–H and O–H groups in total. The Morgan fingerprint density at radius 3 is 1.25 bits per heavy atom. The summed E-state index contributed by atoms with van der Waals surface area (Å²) in [6.45, 7) is 4.52. The quantitative estimate of drug-likeness (QED) is 0.150. The van der Waals surface area contributed by atoms with Gasteiger partial charge in [0.25, 0.3) is 0 Å². The van der Waals surface area contributed by atoms with Crippen LogP contribution in [0.25, 0.3) is 123 Å². The second kappa shape index (κ2) is 10.4. The maximum absolute atomic E-state index is 2.42. The van der Waals surface area contributed by atoms with Crippen molar-refractivity contribution in [1.82, 2.24) is 0 Å². The minimum atomic E-state index is 1.28. The first-order chi connectivity index (χ1) is 25.7. The molecule has 12 rings (SSSR count). The Morgan fingerprint density at radius 1 is 0.365 bits per heavy atom. The van der Waals surface area contributed by atoms with Crippen molar-refractivity contribution in [2.75, 3.05) is 0 Å². The first kappa shape index (κ1) is 28.8. The van der Waals surface area contributed by atoms with Gasteiger partial charge in [-0.05, 0) is 123 Å². The molecule has 0 bridgehead atoms. The van der Waals surface area contributed by atoms with Crippen LogP contribution in [-0.4, -0.2) is 0 Å². The average Bonchev–Trinajstić information content (AvgIpc) is 3.89.